The molecule has 94 valence electrons. The SMILES string of the molecule is CCC1CCC(O)(c2ccc(Cl)c(OC)c2)C1. The minimum absolute atomic E-state index is 0.588. The highest BCUT2D eigenvalue weighted by Crippen LogP contribution is 2.44. The summed E-state index contributed by atoms with van der Waals surface area (Å²) in [7, 11) is 1.60. The van der Waals surface area contributed by atoms with Crippen LogP contribution in [0.4, 0.5) is 0 Å². The average molecular weight is 255 g/mol. The highest BCUT2D eigenvalue weighted by atomic mass is 35.5. The summed E-state index contributed by atoms with van der Waals surface area (Å²) in [6, 6.07) is 5.57. The largest absolute Gasteiger partial charge is 0.495 e. The quantitative estimate of drug-likeness (QED) is 0.890. The summed E-state index contributed by atoms with van der Waals surface area (Å²) in [5.74, 6) is 1.26. The Hall–Kier alpha value is -0.730. The smallest absolute Gasteiger partial charge is 0.137 e. The Labute approximate surface area is 108 Å². The maximum atomic E-state index is 10.7. The van der Waals surface area contributed by atoms with Crippen LogP contribution in [0.15, 0.2) is 18.2 Å². The number of hydrogen-bond acceptors (Lipinski definition) is 2. The third-order valence-electron chi connectivity index (χ3n) is 3.86. The zero-order valence-corrected chi connectivity index (χ0v) is 11.1. The summed E-state index contributed by atoms with van der Waals surface area (Å²) >= 11 is 6.00. The van der Waals surface area contributed by atoms with Crippen molar-refractivity contribution in [1.82, 2.24) is 0 Å². The second-order valence-corrected chi connectivity index (χ2v) is 5.31. The van der Waals surface area contributed by atoms with Gasteiger partial charge in [0.05, 0.1) is 17.7 Å². The fraction of sp³-hybridized carbons (Fsp3) is 0.571. The maximum Gasteiger partial charge on any atom is 0.137 e. The van der Waals surface area contributed by atoms with Gasteiger partial charge in [0.15, 0.2) is 0 Å². The highest BCUT2D eigenvalue weighted by Gasteiger charge is 2.38. The van der Waals surface area contributed by atoms with E-state index in [0.717, 1.165) is 31.2 Å². The summed E-state index contributed by atoms with van der Waals surface area (Å²) in [6.07, 6.45) is 3.90. The maximum absolute atomic E-state index is 10.7. The summed E-state index contributed by atoms with van der Waals surface area (Å²) in [5.41, 5.74) is 0.230. The van der Waals surface area contributed by atoms with E-state index < -0.39 is 5.60 Å². The van der Waals surface area contributed by atoms with Crippen molar-refractivity contribution in [2.45, 2.75) is 38.2 Å². The predicted octanol–water partition coefficient (Wildman–Crippen LogP) is 3.75. The summed E-state index contributed by atoms with van der Waals surface area (Å²) in [6.45, 7) is 2.18. The van der Waals surface area contributed by atoms with Crippen molar-refractivity contribution in [2.75, 3.05) is 7.11 Å². The number of benzene rings is 1. The number of aliphatic hydroxyl groups is 1. The number of hydrogen-bond donors (Lipinski definition) is 1. The van der Waals surface area contributed by atoms with Crippen molar-refractivity contribution in [2.24, 2.45) is 5.92 Å². The fourth-order valence-corrected chi connectivity index (χ4v) is 2.88. The molecule has 0 aliphatic heterocycles. The van der Waals surface area contributed by atoms with Gasteiger partial charge in [-0.15, -0.1) is 0 Å². The van der Waals surface area contributed by atoms with E-state index >= 15 is 0 Å². The Bertz CT molecular complexity index is 405. The Morgan fingerprint density at radius 3 is 2.88 bits per heavy atom. The van der Waals surface area contributed by atoms with Crippen LogP contribution in [0, 0.1) is 5.92 Å². The Morgan fingerprint density at radius 2 is 2.29 bits per heavy atom. The van der Waals surface area contributed by atoms with Crippen LogP contribution in [-0.2, 0) is 5.60 Å². The number of rotatable bonds is 3. The van der Waals surface area contributed by atoms with Crippen molar-refractivity contribution >= 4 is 11.6 Å². The van der Waals surface area contributed by atoms with Crippen LogP contribution in [0.5, 0.6) is 5.75 Å². The molecule has 2 unspecified atom stereocenters. The monoisotopic (exact) mass is 254 g/mol. The highest BCUT2D eigenvalue weighted by molar-refractivity contribution is 6.32. The van der Waals surface area contributed by atoms with Gasteiger partial charge in [0, 0.05) is 0 Å². The molecule has 3 heteroatoms. The first-order chi connectivity index (χ1) is 8.09. The van der Waals surface area contributed by atoms with Crippen LogP contribution in [-0.4, -0.2) is 12.2 Å². The number of methoxy groups -OCH3 is 1. The predicted molar refractivity (Wildman–Crippen MR) is 69.5 cm³/mol. The lowest BCUT2D eigenvalue weighted by Gasteiger charge is -2.24. The van der Waals surface area contributed by atoms with Crippen molar-refractivity contribution < 1.29 is 9.84 Å². The number of ether oxygens (including phenoxy) is 1. The van der Waals surface area contributed by atoms with Crippen LogP contribution >= 0.6 is 11.6 Å². The lowest BCUT2D eigenvalue weighted by Crippen LogP contribution is -2.21. The molecule has 2 atom stereocenters. The number of halogens is 1. The molecule has 0 amide bonds. The lowest BCUT2D eigenvalue weighted by atomic mass is 9.90. The van der Waals surface area contributed by atoms with Crippen LogP contribution in [0.1, 0.15) is 38.2 Å². The molecule has 0 bridgehead atoms. The molecule has 2 nitrogen and oxygen atoms in total. The van der Waals surface area contributed by atoms with Gasteiger partial charge in [-0.3, -0.25) is 0 Å². The molecule has 2 rings (SSSR count). The van der Waals surface area contributed by atoms with Crippen molar-refractivity contribution in [3.63, 3.8) is 0 Å². The average Bonchev–Trinajstić information content (AvgIpc) is 2.73. The van der Waals surface area contributed by atoms with E-state index in [9.17, 15) is 5.11 Å². The fourth-order valence-electron chi connectivity index (χ4n) is 2.68. The molecule has 1 N–H and O–H groups in total. The second-order valence-electron chi connectivity index (χ2n) is 4.90. The van der Waals surface area contributed by atoms with Crippen molar-refractivity contribution in [3.05, 3.63) is 28.8 Å². The molecular formula is C14H19ClO2. The summed E-state index contributed by atoms with van der Waals surface area (Å²) in [5, 5.41) is 11.3. The van der Waals surface area contributed by atoms with Gasteiger partial charge < -0.3 is 9.84 Å². The third kappa shape index (κ3) is 2.43. The lowest BCUT2D eigenvalue weighted by molar-refractivity contribution is 0.0396. The molecule has 0 heterocycles. The van der Waals surface area contributed by atoms with E-state index in [0.29, 0.717) is 16.7 Å². The first-order valence-electron chi connectivity index (χ1n) is 6.15. The van der Waals surface area contributed by atoms with Crippen LogP contribution in [0.25, 0.3) is 0 Å². The second kappa shape index (κ2) is 4.87. The van der Waals surface area contributed by atoms with Gasteiger partial charge >= 0.3 is 0 Å². The van der Waals surface area contributed by atoms with Gasteiger partial charge in [0.1, 0.15) is 5.75 Å². The molecule has 0 saturated heterocycles. The molecule has 1 aliphatic rings. The minimum Gasteiger partial charge on any atom is -0.495 e. The summed E-state index contributed by atoms with van der Waals surface area (Å²) < 4.78 is 5.20. The topological polar surface area (TPSA) is 29.5 Å². The Kier molecular flexibility index (Phi) is 3.64. The van der Waals surface area contributed by atoms with Gasteiger partial charge in [-0.2, -0.15) is 0 Å². The van der Waals surface area contributed by atoms with Gasteiger partial charge in [0.2, 0.25) is 0 Å². The van der Waals surface area contributed by atoms with Gasteiger partial charge in [0.25, 0.3) is 0 Å². The Morgan fingerprint density at radius 1 is 1.53 bits per heavy atom. The van der Waals surface area contributed by atoms with Crippen molar-refractivity contribution in [3.8, 4) is 5.75 Å². The molecule has 1 aromatic rings. The first kappa shape index (κ1) is 12.7. The van der Waals surface area contributed by atoms with Gasteiger partial charge in [-0.25, -0.2) is 0 Å². The van der Waals surface area contributed by atoms with E-state index in [1.165, 1.54) is 0 Å². The molecule has 0 spiro atoms. The van der Waals surface area contributed by atoms with Gasteiger partial charge in [-0.1, -0.05) is 31.0 Å². The molecule has 1 aliphatic carbocycles. The third-order valence-corrected chi connectivity index (χ3v) is 4.17. The van der Waals surface area contributed by atoms with Crippen LogP contribution < -0.4 is 4.74 Å². The van der Waals surface area contributed by atoms with Crippen LogP contribution in [0.3, 0.4) is 0 Å². The van der Waals surface area contributed by atoms with E-state index in [1.807, 2.05) is 12.1 Å². The normalized spacial score (nSPS) is 28.4. The molecular weight excluding hydrogens is 236 g/mol. The molecule has 1 fully saturated rings. The minimum atomic E-state index is -0.696. The molecule has 0 radical (unpaired) electrons. The summed E-state index contributed by atoms with van der Waals surface area (Å²) in [4.78, 5) is 0. The van der Waals surface area contributed by atoms with E-state index in [2.05, 4.69) is 6.92 Å². The molecule has 1 aromatic carbocycles. The van der Waals surface area contributed by atoms with Crippen LogP contribution in [0.2, 0.25) is 5.02 Å². The molecule has 0 aromatic heterocycles. The Balaban J connectivity index is 2.28. The van der Waals surface area contributed by atoms with Gasteiger partial charge in [-0.05, 0) is 42.9 Å². The zero-order valence-electron chi connectivity index (χ0n) is 10.4. The molecule has 17 heavy (non-hydrogen) atoms. The van der Waals surface area contributed by atoms with Crippen molar-refractivity contribution in [1.29, 1.82) is 0 Å². The van der Waals surface area contributed by atoms with E-state index in [-0.39, 0.29) is 0 Å². The molecule has 1 saturated carbocycles. The van der Waals surface area contributed by atoms with E-state index in [4.69, 9.17) is 16.3 Å². The standard InChI is InChI=1S/C14H19ClO2/c1-3-10-6-7-14(16,9-10)11-4-5-12(15)13(8-11)17-2/h4-5,8,10,16H,3,6-7,9H2,1-2H3. The zero-order chi connectivity index (χ0) is 12.5. The first-order valence-corrected chi connectivity index (χ1v) is 6.53. The van der Waals surface area contributed by atoms with E-state index in [1.54, 1.807) is 13.2 Å².